The van der Waals surface area contributed by atoms with Crippen LogP contribution >= 0.6 is 11.3 Å². The van der Waals surface area contributed by atoms with Gasteiger partial charge in [0.25, 0.3) is 0 Å². The molecule has 0 fully saturated rings. The van der Waals surface area contributed by atoms with E-state index in [1.807, 2.05) is 31.4 Å². The predicted molar refractivity (Wildman–Crippen MR) is 111 cm³/mol. The van der Waals surface area contributed by atoms with Gasteiger partial charge in [0.05, 0.1) is 30.5 Å². The molecule has 0 saturated heterocycles. The number of rotatable bonds is 8. The van der Waals surface area contributed by atoms with E-state index < -0.39 is 5.97 Å². The topological polar surface area (TPSA) is 66.9 Å². The number of nitrogens with zero attached hydrogens (tertiary/aromatic N) is 1. The summed E-state index contributed by atoms with van der Waals surface area (Å²) in [7, 11) is 3.16. The molecule has 0 radical (unpaired) electrons. The maximum atomic E-state index is 12.4. The quantitative estimate of drug-likeness (QED) is 0.498. The molecule has 0 spiro atoms. The second-order valence-electron chi connectivity index (χ2n) is 6.38. The van der Waals surface area contributed by atoms with Crippen LogP contribution in [0.4, 0.5) is 0 Å². The maximum Gasteiger partial charge on any atom is 0.338 e. The third-order valence-corrected chi connectivity index (χ3v) is 5.17. The number of carbonyl (C=O) groups is 1. The Bertz CT molecular complexity index is 981. The Hall–Kier alpha value is -3.06. The van der Waals surface area contributed by atoms with Crippen LogP contribution in [0.3, 0.4) is 0 Å². The minimum absolute atomic E-state index is 0.145. The minimum Gasteiger partial charge on any atom is -0.493 e. The third-order valence-electron chi connectivity index (χ3n) is 4.34. The Morgan fingerprint density at radius 1 is 1.00 bits per heavy atom. The van der Waals surface area contributed by atoms with Crippen LogP contribution in [0.25, 0.3) is 0 Å². The molecule has 0 amide bonds. The molecule has 7 heteroatoms. The summed E-state index contributed by atoms with van der Waals surface area (Å²) in [5, 5.41) is 2.98. The summed E-state index contributed by atoms with van der Waals surface area (Å²) in [6, 6.07) is 10.5. The van der Waals surface area contributed by atoms with Crippen LogP contribution in [0.5, 0.6) is 17.2 Å². The van der Waals surface area contributed by atoms with Crippen LogP contribution in [0, 0.1) is 13.8 Å². The molecule has 29 heavy (non-hydrogen) atoms. The molecule has 6 nitrogen and oxygen atoms in total. The Morgan fingerprint density at radius 3 is 2.31 bits per heavy atom. The van der Waals surface area contributed by atoms with E-state index in [4.69, 9.17) is 18.9 Å². The molecule has 0 saturated carbocycles. The highest BCUT2D eigenvalue weighted by Crippen LogP contribution is 2.30. The molecular weight excluding hydrogens is 390 g/mol. The molecule has 3 aromatic rings. The first kappa shape index (κ1) is 20.7. The van der Waals surface area contributed by atoms with E-state index >= 15 is 0 Å². The highest BCUT2D eigenvalue weighted by molar-refractivity contribution is 7.09. The molecule has 2 aromatic carbocycles. The monoisotopic (exact) mass is 413 g/mol. The summed E-state index contributed by atoms with van der Waals surface area (Å²) in [6.07, 6.45) is 0. The van der Waals surface area contributed by atoms with Crippen LogP contribution in [-0.4, -0.2) is 25.2 Å². The van der Waals surface area contributed by atoms with E-state index in [1.54, 1.807) is 49.8 Å². The number of thiazole rings is 1. The molecule has 0 bridgehead atoms. The van der Waals surface area contributed by atoms with E-state index in [1.165, 1.54) is 0 Å². The molecule has 0 aliphatic rings. The average molecular weight is 413 g/mol. The largest absolute Gasteiger partial charge is 0.493 e. The number of ether oxygens (including phenoxy) is 4. The lowest BCUT2D eigenvalue weighted by Gasteiger charge is -2.13. The second-order valence-corrected chi connectivity index (χ2v) is 7.44. The summed E-state index contributed by atoms with van der Waals surface area (Å²) in [5.74, 6) is 1.51. The van der Waals surface area contributed by atoms with Crippen LogP contribution in [0.1, 0.15) is 32.2 Å². The zero-order valence-corrected chi connectivity index (χ0v) is 17.7. The van der Waals surface area contributed by atoms with Crippen molar-refractivity contribution < 1.29 is 23.7 Å². The van der Waals surface area contributed by atoms with E-state index in [2.05, 4.69) is 4.98 Å². The van der Waals surface area contributed by atoms with Crippen molar-refractivity contribution in [1.82, 2.24) is 4.98 Å². The summed E-state index contributed by atoms with van der Waals surface area (Å²) in [6.45, 7) is 4.43. The van der Waals surface area contributed by atoms with Gasteiger partial charge in [-0.25, -0.2) is 9.78 Å². The van der Waals surface area contributed by atoms with Gasteiger partial charge >= 0.3 is 5.97 Å². The van der Waals surface area contributed by atoms with Gasteiger partial charge in [-0.1, -0.05) is 0 Å². The molecule has 0 N–H and O–H groups in total. The summed E-state index contributed by atoms with van der Waals surface area (Å²) in [5.41, 5.74) is 3.16. The number of hydrogen-bond donors (Lipinski definition) is 0. The molecule has 0 aliphatic carbocycles. The lowest BCUT2D eigenvalue weighted by molar-refractivity contribution is 0.0471. The third kappa shape index (κ3) is 5.26. The smallest absolute Gasteiger partial charge is 0.338 e. The minimum atomic E-state index is -0.402. The predicted octanol–water partition coefficient (Wildman–Crippen LogP) is 4.71. The first-order valence-corrected chi connectivity index (χ1v) is 9.90. The zero-order chi connectivity index (χ0) is 20.8. The summed E-state index contributed by atoms with van der Waals surface area (Å²) in [4.78, 5) is 16.7. The first-order valence-electron chi connectivity index (χ1n) is 9.02. The number of benzene rings is 2. The van der Waals surface area contributed by atoms with Crippen LogP contribution < -0.4 is 14.2 Å². The van der Waals surface area contributed by atoms with Crippen molar-refractivity contribution in [2.24, 2.45) is 0 Å². The Morgan fingerprint density at radius 2 is 1.69 bits per heavy atom. The van der Waals surface area contributed by atoms with Gasteiger partial charge in [-0.05, 0) is 61.4 Å². The SMILES string of the molecule is COc1cc(C)c(COC(=O)c2ccc(OCc3csc(C)n3)cc2)cc1OC. The van der Waals surface area contributed by atoms with Crippen molar-refractivity contribution in [3.8, 4) is 17.2 Å². The molecular formula is C22H23NO5S. The van der Waals surface area contributed by atoms with Gasteiger partial charge in [0.15, 0.2) is 11.5 Å². The van der Waals surface area contributed by atoms with Gasteiger partial charge in [-0.2, -0.15) is 0 Å². The molecule has 0 atom stereocenters. The van der Waals surface area contributed by atoms with Crippen molar-refractivity contribution in [3.05, 3.63) is 69.2 Å². The summed E-state index contributed by atoms with van der Waals surface area (Å²) < 4.78 is 21.7. The van der Waals surface area contributed by atoms with Crippen LogP contribution in [-0.2, 0) is 18.0 Å². The Labute approximate surface area is 174 Å². The van der Waals surface area contributed by atoms with Gasteiger partial charge in [0.1, 0.15) is 19.0 Å². The Balaban J connectivity index is 1.58. The zero-order valence-electron chi connectivity index (χ0n) is 16.9. The van der Waals surface area contributed by atoms with Crippen LogP contribution in [0.2, 0.25) is 0 Å². The normalized spacial score (nSPS) is 10.5. The second kappa shape index (κ2) is 9.43. The van der Waals surface area contributed by atoms with Gasteiger partial charge in [0, 0.05) is 5.38 Å². The Kier molecular flexibility index (Phi) is 6.72. The number of carbonyl (C=O) groups excluding carboxylic acids is 1. The maximum absolute atomic E-state index is 12.4. The fourth-order valence-electron chi connectivity index (χ4n) is 2.72. The summed E-state index contributed by atoms with van der Waals surface area (Å²) >= 11 is 1.59. The van der Waals surface area contributed by atoms with E-state index in [9.17, 15) is 4.79 Å². The molecule has 1 heterocycles. The average Bonchev–Trinajstić information content (AvgIpc) is 3.16. The van der Waals surface area contributed by atoms with Gasteiger partial charge in [0.2, 0.25) is 0 Å². The van der Waals surface area contributed by atoms with Crippen molar-refractivity contribution >= 4 is 17.3 Å². The molecule has 0 aliphatic heterocycles. The van der Waals surface area contributed by atoms with Crippen molar-refractivity contribution in [2.45, 2.75) is 27.1 Å². The number of aryl methyl sites for hydroxylation is 2. The van der Waals surface area contributed by atoms with Gasteiger partial charge < -0.3 is 18.9 Å². The fraction of sp³-hybridized carbons (Fsp3) is 0.273. The van der Waals surface area contributed by atoms with E-state index in [0.29, 0.717) is 29.4 Å². The molecule has 1 aromatic heterocycles. The van der Waals surface area contributed by atoms with Crippen molar-refractivity contribution in [2.75, 3.05) is 14.2 Å². The van der Waals surface area contributed by atoms with Crippen molar-refractivity contribution in [3.63, 3.8) is 0 Å². The number of hydrogen-bond acceptors (Lipinski definition) is 7. The first-order chi connectivity index (χ1) is 14.0. The number of aromatic nitrogens is 1. The van der Waals surface area contributed by atoms with E-state index in [0.717, 1.165) is 21.8 Å². The number of methoxy groups -OCH3 is 2. The lowest BCUT2D eigenvalue weighted by atomic mass is 10.1. The van der Waals surface area contributed by atoms with Crippen molar-refractivity contribution in [1.29, 1.82) is 0 Å². The fourth-order valence-corrected chi connectivity index (χ4v) is 3.32. The van der Waals surface area contributed by atoms with E-state index in [-0.39, 0.29) is 6.61 Å². The number of esters is 1. The molecule has 152 valence electrons. The standard InChI is InChI=1S/C22H23NO5S/c1-14-9-20(25-3)21(26-4)10-17(14)11-28-22(24)16-5-7-19(8-6-16)27-12-18-13-29-15(2)23-18/h5-10,13H,11-12H2,1-4H3. The highest BCUT2D eigenvalue weighted by Gasteiger charge is 2.12. The van der Waals surface area contributed by atoms with Crippen LogP contribution in [0.15, 0.2) is 41.8 Å². The van der Waals surface area contributed by atoms with Gasteiger partial charge in [-0.3, -0.25) is 0 Å². The molecule has 3 rings (SSSR count). The van der Waals surface area contributed by atoms with Gasteiger partial charge in [-0.15, -0.1) is 11.3 Å². The highest BCUT2D eigenvalue weighted by atomic mass is 32.1. The lowest BCUT2D eigenvalue weighted by Crippen LogP contribution is -2.06. The molecule has 0 unspecified atom stereocenters.